The van der Waals surface area contributed by atoms with Crippen molar-refractivity contribution in [2.45, 2.75) is 6.10 Å². The highest BCUT2D eigenvalue weighted by atomic mass is 16.5. The van der Waals surface area contributed by atoms with Crippen LogP contribution in [0.25, 0.3) is 0 Å². The van der Waals surface area contributed by atoms with Gasteiger partial charge >= 0.3 is 0 Å². The molecule has 1 unspecified atom stereocenters. The first-order chi connectivity index (χ1) is 8.65. The summed E-state index contributed by atoms with van der Waals surface area (Å²) in [6, 6.07) is 4.50. The molecule has 1 aromatic rings. The third-order valence-electron chi connectivity index (χ3n) is 2.85. The van der Waals surface area contributed by atoms with Crippen LogP contribution in [0.5, 0.6) is 0 Å². The maximum absolute atomic E-state index is 11.8. The molecule has 1 amide bonds. The molecule has 1 fully saturated rings. The number of H-pyrrole nitrogens is 1. The van der Waals surface area contributed by atoms with Crippen LogP contribution in [0.2, 0.25) is 0 Å². The normalized spacial score (nSPS) is 20.6. The number of morpholine rings is 1. The number of rotatable bonds is 3. The smallest absolute Gasteiger partial charge is 0.267 e. The number of nitrogens with zero attached hydrogens (tertiary/aromatic N) is 1. The Morgan fingerprint density at radius 2 is 2.44 bits per heavy atom. The zero-order valence-corrected chi connectivity index (χ0v) is 10.3. The molecule has 0 spiro atoms. The highest BCUT2D eigenvalue weighted by Gasteiger charge is 2.18. The predicted octanol–water partition coefficient (Wildman–Crippen LogP) is -0.565. The van der Waals surface area contributed by atoms with E-state index in [-0.39, 0.29) is 23.3 Å². The Labute approximate surface area is 105 Å². The van der Waals surface area contributed by atoms with Crippen LogP contribution < -0.4 is 10.9 Å². The topological polar surface area (TPSA) is 74.4 Å². The van der Waals surface area contributed by atoms with Gasteiger partial charge in [0.25, 0.3) is 5.91 Å². The summed E-state index contributed by atoms with van der Waals surface area (Å²) in [4.78, 5) is 27.5. The first kappa shape index (κ1) is 12.8. The number of likely N-dealkylation sites (N-methyl/N-ethyl adjacent to an activating group) is 1. The molecule has 1 atom stereocenters. The Kier molecular flexibility index (Phi) is 4.11. The molecule has 0 aromatic carbocycles. The van der Waals surface area contributed by atoms with Crippen LogP contribution in [-0.4, -0.2) is 55.2 Å². The van der Waals surface area contributed by atoms with E-state index in [1.807, 2.05) is 7.05 Å². The molecule has 0 bridgehead atoms. The average Bonchev–Trinajstić information content (AvgIpc) is 2.36. The van der Waals surface area contributed by atoms with Crippen LogP contribution in [0.4, 0.5) is 0 Å². The molecule has 6 heteroatoms. The average molecular weight is 251 g/mol. The van der Waals surface area contributed by atoms with Crippen LogP contribution in [0.15, 0.2) is 23.0 Å². The predicted molar refractivity (Wildman–Crippen MR) is 66.6 cm³/mol. The maximum Gasteiger partial charge on any atom is 0.267 e. The minimum atomic E-state index is -0.287. The van der Waals surface area contributed by atoms with Crippen molar-refractivity contribution in [1.82, 2.24) is 15.2 Å². The lowest BCUT2D eigenvalue weighted by molar-refractivity contribution is -0.0175. The van der Waals surface area contributed by atoms with E-state index in [0.717, 1.165) is 13.1 Å². The Balaban J connectivity index is 1.86. The molecule has 1 saturated heterocycles. The van der Waals surface area contributed by atoms with Gasteiger partial charge in [0.2, 0.25) is 5.56 Å². The molecule has 2 heterocycles. The Bertz CT molecular complexity index is 472. The van der Waals surface area contributed by atoms with Gasteiger partial charge in [-0.15, -0.1) is 0 Å². The van der Waals surface area contributed by atoms with Crippen LogP contribution in [0.1, 0.15) is 10.5 Å². The van der Waals surface area contributed by atoms with E-state index in [2.05, 4.69) is 15.2 Å². The summed E-state index contributed by atoms with van der Waals surface area (Å²) in [7, 11) is 2.02. The van der Waals surface area contributed by atoms with Crippen molar-refractivity contribution in [1.29, 1.82) is 0 Å². The fourth-order valence-corrected chi connectivity index (χ4v) is 1.87. The van der Waals surface area contributed by atoms with Crippen molar-refractivity contribution in [2.24, 2.45) is 0 Å². The molecule has 18 heavy (non-hydrogen) atoms. The van der Waals surface area contributed by atoms with E-state index in [1.54, 1.807) is 12.1 Å². The summed E-state index contributed by atoms with van der Waals surface area (Å²) in [5, 5.41) is 2.76. The van der Waals surface area contributed by atoms with Crippen LogP contribution in [0.3, 0.4) is 0 Å². The minimum Gasteiger partial charge on any atom is -0.374 e. The van der Waals surface area contributed by atoms with Gasteiger partial charge in [-0.2, -0.15) is 0 Å². The second-order valence-corrected chi connectivity index (χ2v) is 4.39. The number of hydrogen-bond acceptors (Lipinski definition) is 4. The zero-order chi connectivity index (χ0) is 13.0. The van der Waals surface area contributed by atoms with Crippen molar-refractivity contribution in [3.8, 4) is 0 Å². The van der Waals surface area contributed by atoms with Crippen LogP contribution in [0, 0.1) is 0 Å². The van der Waals surface area contributed by atoms with Crippen molar-refractivity contribution in [3.05, 3.63) is 34.2 Å². The number of ether oxygens (including phenoxy) is 1. The maximum atomic E-state index is 11.8. The van der Waals surface area contributed by atoms with Gasteiger partial charge in [0.1, 0.15) is 5.69 Å². The SMILES string of the molecule is CN1CCOC(CNC(=O)c2cccc(=O)[nH]2)C1. The van der Waals surface area contributed by atoms with E-state index in [9.17, 15) is 9.59 Å². The fraction of sp³-hybridized carbons (Fsp3) is 0.500. The van der Waals surface area contributed by atoms with E-state index in [0.29, 0.717) is 13.2 Å². The number of hydrogen-bond donors (Lipinski definition) is 2. The summed E-state index contributed by atoms with van der Waals surface area (Å²) >= 11 is 0. The lowest BCUT2D eigenvalue weighted by Gasteiger charge is -2.30. The molecule has 1 aromatic heterocycles. The lowest BCUT2D eigenvalue weighted by atomic mass is 10.2. The number of aromatic nitrogens is 1. The summed E-state index contributed by atoms with van der Waals surface area (Å²) in [6.07, 6.45) is 0.00290. The molecule has 2 rings (SSSR count). The fourth-order valence-electron chi connectivity index (χ4n) is 1.87. The molecule has 98 valence electrons. The summed E-state index contributed by atoms with van der Waals surface area (Å²) in [6.45, 7) is 2.83. The first-order valence-corrected chi connectivity index (χ1v) is 5.93. The quantitative estimate of drug-likeness (QED) is 0.755. The van der Waals surface area contributed by atoms with Gasteiger partial charge in [0, 0.05) is 25.7 Å². The third-order valence-corrected chi connectivity index (χ3v) is 2.85. The number of aromatic amines is 1. The largest absolute Gasteiger partial charge is 0.374 e. The van der Waals surface area contributed by atoms with Crippen LogP contribution >= 0.6 is 0 Å². The lowest BCUT2D eigenvalue weighted by Crippen LogP contribution is -2.46. The molecule has 1 aliphatic heterocycles. The van der Waals surface area contributed by atoms with Gasteiger partial charge in [-0.3, -0.25) is 9.59 Å². The van der Waals surface area contributed by atoms with E-state index in [4.69, 9.17) is 4.74 Å². The summed E-state index contributed by atoms with van der Waals surface area (Å²) < 4.78 is 5.53. The molecule has 0 aliphatic carbocycles. The molecule has 2 N–H and O–H groups in total. The number of amides is 1. The molecular formula is C12H17N3O3. The standard InChI is InChI=1S/C12H17N3O3/c1-15-5-6-18-9(8-15)7-13-12(17)10-3-2-4-11(16)14-10/h2-4,9H,5-8H2,1H3,(H,13,17)(H,14,16). The Morgan fingerprint density at radius 1 is 1.61 bits per heavy atom. The monoisotopic (exact) mass is 251 g/mol. The number of carbonyl (C=O) groups excluding carboxylic acids is 1. The number of pyridine rings is 1. The number of nitrogens with one attached hydrogen (secondary N) is 2. The van der Waals surface area contributed by atoms with Crippen LogP contribution in [-0.2, 0) is 4.74 Å². The highest BCUT2D eigenvalue weighted by Crippen LogP contribution is 2.01. The summed E-state index contributed by atoms with van der Waals surface area (Å²) in [5.74, 6) is -0.287. The van der Waals surface area contributed by atoms with Crippen molar-refractivity contribution >= 4 is 5.91 Å². The van der Waals surface area contributed by atoms with Gasteiger partial charge < -0.3 is 19.9 Å². The second-order valence-electron chi connectivity index (χ2n) is 4.39. The van der Waals surface area contributed by atoms with Gasteiger partial charge in [-0.05, 0) is 13.1 Å². The van der Waals surface area contributed by atoms with Gasteiger partial charge in [0.15, 0.2) is 0 Å². The van der Waals surface area contributed by atoms with E-state index in [1.165, 1.54) is 6.07 Å². The molecule has 6 nitrogen and oxygen atoms in total. The second kappa shape index (κ2) is 5.79. The zero-order valence-electron chi connectivity index (χ0n) is 10.3. The third kappa shape index (κ3) is 3.41. The first-order valence-electron chi connectivity index (χ1n) is 5.93. The minimum absolute atomic E-state index is 0.00290. The molecule has 0 radical (unpaired) electrons. The summed E-state index contributed by atoms with van der Waals surface area (Å²) in [5.41, 5.74) is -0.0111. The molecular weight excluding hydrogens is 234 g/mol. The van der Waals surface area contributed by atoms with Crippen molar-refractivity contribution in [2.75, 3.05) is 33.3 Å². The molecule has 0 saturated carbocycles. The highest BCUT2D eigenvalue weighted by molar-refractivity contribution is 5.92. The van der Waals surface area contributed by atoms with E-state index < -0.39 is 0 Å². The van der Waals surface area contributed by atoms with Gasteiger partial charge in [-0.1, -0.05) is 6.07 Å². The van der Waals surface area contributed by atoms with Crippen molar-refractivity contribution < 1.29 is 9.53 Å². The van der Waals surface area contributed by atoms with E-state index >= 15 is 0 Å². The number of carbonyl (C=O) groups is 1. The van der Waals surface area contributed by atoms with Crippen molar-refractivity contribution in [3.63, 3.8) is 0 Å². The molecule has 1 aliphatic rings. The van der Waals surface area contributed by atoms with Gasteiger partial charge in [-0.25, -0.2) is 0 Å². The Morgan fingerprint density at radius 3 is 3.17 bits per heavy atom. The van der Waals surface area contributed by atoms with Gasteiger partial charge in [0.05, 0.1) is 12.7 Å². The Hall–Kier alpha value is -1.66.